The number of carbonyl (C=O) groups is 3. The van der Waals surface area contributed by atoms with Crippen LogP contribution in [0, 0.1) is 5.92 Å². The van der Waals surface area contributed by atoms with E-state index in [-0.39, 0.29) is 0 Å². The second-order valence-electron chi connectivity index (χ2n) is 7.21. The molecule has 1 aliphatic heterocycles. The highest BCUT2D eigenvalue weighted by Gasteiger charge is 2.52. The van der Waals surface area contributed by atoms with Crippen LogP contribution in [0.4, 0.5) is 0 Å². The number of ether oxygens (including phenoxy) is 1. The zero-order valence-electron chi connectivity index (χ0n) is 16.3. The molecule has 0 aliphatic carbocycles. The number of methoxy groups -OCH3 is 1. The fourth-order valence-corrected chi connectivity index (χ4v) is 3.56. The van der Waals surface area contributed by atoms with Crippen molar-refractivity contribution in [3.8, 4) is 5.75 Å². The van der Waals surface area contributed by atoms with Gasteiger partial charge >= 0.3 is 0 Å². The highest BCUT2D eigenvalue weighted by molar-refractivity contribution is 6.44. The second kappa shape index (κ2) is 8.39. The number of rotatable bonds is 8. The number of ketones is 2. The summed E-state index contributed by atoms with van der Waals surface area (Å²) < 4.78 is 10.7. The average Bonchev–Trinajstić information content (AvgIpc) is 3.29. The molecule has 28 heavy (non-hydrogen) atoms. The van der Waals surface area contributed by atoms with Gasteiger partial charge in [0.1, 0.15) is 23.5 Å². The fourth-order valence-electron chi connectivity index (χ4n) is 3.56. The summed E-state index contributed by atoms with van der Waals surface area (Å²) in [5.41, 5.74) is 0.335. The molecule has 0 saturated carbocycles. The van der Waals surface area contributed by atoms with Crippen LogP contribution in [0.3, 0.4) is 0 Å². The molecule has 2 atom stereocenters. The third-order valence-electron chi connectivity index (χ3n) is 4.95. The number of amides is 1. The summed E-state index contributed by atoms with van der Waals surface area (Å²) in [4.78, 5) is 41.4. The number of likely N-dealkylation sites (tertiary alicyclic amines) is 1. The van der Waals surface area contributed by atoms with E-state index in [0.717, 1.165) is 13.0 Å². The predicted octanol–water partition coefficient (Wildman–Crippen LogP) is 0.774. The molecule has 148 valence electrons. The standard InChI is InChI=1S/C21H24N2O5/c1-22(2)10-6-11-23-18(16-9-5-12-28-16)17(20(25)21(23)26)19(24)14-7-4-8-15(13-14)27-3/h4-5,7-9,12-13,17-18H,6,10-11H2,1-3H3/p+1. The number of hydrogen-bond acceptors (Lipinski definition) is 5. The first kappa shape index (κ1) is 19.8. The molecule has 0 bridgehead atoms. The smallest absolute Gasteiger partial charge is 0.291 e. The quantitative estimate of drug-likeness (QED) is 0.413. The Morgan fingerprint density at radius 1 is 1.21 bits per heavy atom. The zero-order chi connectivity index (χ0) is 20.3. The van der Waals surface area contributed by atoms with E-state index in [1.54, 1.807) is 36.4 Å². The van der Waals surface area contributed by atoms with Crippen LogP contribution in [0.25, 0.3) is 0 Å². The first-order valence-electron chi connectivity index (χ1n) is 9.29. The van der Waals surface area contributed by atoms with Crippen molar-refractivity contribution >= 4 is 17.5 Å². The minimum absolute atomic E-state index is 0.335. The van der Waals surface area contributed by atoms with Crippen LogP contribution in [0.5, 0.6) is 5.75 Å². The first-order chi connectivity index (χ1) is 13.4. The molecule has 1 aromatic heterocycles. The molecule has 2 unspecified atom stereocenters. The van der Waals surface area contributed by atoms with Crippen LogP contribution in [-0.2, 0) is 9.59 Å². The van der Waals surface area contributed by atoms with Crippen molar-refractivity contribution in [1.82, 2.24) is 4.90 Å². The third kappa shape index (κ3) is 3.84. The van der Waals surface area contributed by atoms with Gasteiger partial charge in [0, 0.05) is 18.5 Å². The van der Waals surface area contributed by atoms with Crippen LogP contribution in [0.2, 0.25) is 0 Å². The number of quaternary nitrogens is 1. The Morgan fingerprint density at radius 2 is 2.00 bits per heavy atom. The lowest BCUT2D eigenvalue weighted by Gasteiger charge is -2.25. The number of benzene rings is 1. The van der Waals surface area contributed by atoms with Gasteiger partial charge in [0.05, 0.1) is 34.0 Å². The van der Waals surface area contributed by atoms with Crippen LogP contribution in [0.1, 0.15) is 28.6 Å². The maximum absolute atomic E-state index is 13.2. The van der Waals surface area contributed by atoms with Gasteiger partial charge in [0.2, 0.25) is 5.78 Å². The van der Waals surface area contributed by atoms with Gasteiger partial charge in [-0.15, -0.1) is 0 Å². The summed E-state index contributed by atoms with van der Waals surface area (Å²) in [5.74, 6) is -1.89. The lowest BCUT2D eigenvalue weighted by Crippen LogP contribution is -3.05. The minimum atomic E-state index is -1.13. The number of carbonyl (C=O) groups excluding carboxylic acids is 3. The Balaban J connectivity index is 1.94. The Bertz CT molecular complexity index is 859. The topological polar surface area (TPSA) is 81.3 Å². The van der Waals surface area contributed by atoms with Crippen LogP contribution >= 0.6 is 0 Å². The van der Waals surface area contributed by atoms with E-state index < -0.39 is 29.4 Å². The number of nitrogens with one attached hydrogen (secondary N) is 1. The SMILES string of the molecule is COc1cccc(C(=O)C2C(=O)C(=O)N(CCC[NH+](C)C)C2c2ccco2)c1. The Morgan fingerprint density at radius 3 is 2.64 bits per heavy atom. The number of nitrogens with zero attached hydrogens (tertiary/aromatic N) is 1. The van der Waals surface area contributed by atoms with Crippen molar-refractivity contribution in [3.05, 3.63) is 54.0 Å². The summed E-state index contributed by atoms with van der Waals surface area (Å²) >= 11 is 0. The molecule has 1 N–H and O–H groups in total. The molecule has 2 aromatic rings. The second-order valence-corrected chi connectivity index (χ2v) is 7.21. The van der Waals surface area contributed by atoms with Gasteiger partial charge in [0.25, 0.3) is 5.91 Å². The summed E-state index contributed by atoms with van der Waals surface area (Å²) in [5, 5.41) is 0. The molecular formula is C21H25N2O5+. The van der Waals surface area contributed by atoms with E-state index in [2.05, 4.69) is 0 Å². The molecule has 7 heteroatoms. The van der Waals surface area contributed by atoms with Gasteiger partial charge in [0.15, 0.2) is 5.78 Å². The Kier molecular flexibility index (Phi) is 5.94. The van der Waals surface area contributed by atoms with E-state index in [4.69, 9.17) is 9.15 Å². The number of furan rings is 1. The van der Waals surface area contributed by atoms with Crippen LogP contribution in [0.15, 0.2) is 47.1 Å². The van der Waals surface area contributed by atoms with Crippen molar-refractivity contribution in [2.24, 2.45) is 5.92 Å². The monoisotopic (exact) mass is 385 g/mol. The molecule has 3 rings (SSSR count). The van der Waals surface area contributed by atoms with Gasteiger partial charge in [-0.25, -0.2) is 0 Å². The molecule has 1 fully saturated rings. The minimum Gasteiger partial charge on any atom is -0.497 e. The lowest BCUT2D eigenvalue weighted by atomic mass is 9.88. The fraction of sp³-hybridized carbons (Fsp3) is 0.381. The molecular weight excluding hydrogens is 360 g/mol. The average molecular weight is 385 g/mol. The molecule has 1 aliphatic rings. The molecule has 0 spiro atoms. The summed E-state index contributed by atoms with van der Waals surface area (Å²) in [6.45, 7) is 1.24. The highest BCUT2D eigenvalue weighted by atomic mass is 16.5. The molecule has 1 saturated heterocycles. The number of Topliss-reactive ketones (excluding diaryl/α,β-unsaturated/α-hetero) is 2. The number of hydrogen-bond donors (Lipinski definition) is 1. The normalized spacial score (nSPS) is 19.5. The van der Waals surface area contributed by atoms with Crippen molar-refractivity contribution in [2.75, 3.05) is 34.3 Å². The highest BCUT2D eigenvalue weighted by Crippen LogP contribution is 2.38. The maximum Gasteiger partial charge on any atom is 0.291 e. The Hall–Kier alpha value is -2.93. The van der Waals surface area contributed by atoms with Gasteiger partial charge in [-0.1, -0.05) is 12.1 Å². The maximum atomic E-state index is 13.2. The van der Waals surface area contributed by atoms with Gasteiger partial charge in [-0.2, -0.15) is 0 Å². The van der Waals surface area contributed by atoms with E-state index in [0.29, 0.717) is 23.6 Å². The van der Waals surface area contributed by atoms with Crippen molar-refractivity contribution < 1.29 is 28.4 Å². The van der Waals surface area contributed by atoms with Crippen molar-refractivity contribution in [3.63, 3.8) is 0 Å². The molecule has 2 heterocycles. The predicted molar refractivity (Wildman–Crippen MR) is 101 cm³/mol. The van der Waals surface area contributed by atoms with Crippen molar-refractivity contribution in [2.45, 2.75) is 12.5 Å². The van der Waals surface area contributed by atoms with E-state index in [1.807, 2.05) is 14.1 Å². The molecule has 1 amide bonds. The van der Waals surface area contributed by atoms with E-state index >= 15 is 0 Å². The zero-order valence-corrected chi connectivity index (χ0v) is 16.3. The van der Waals surface area contributed by atoms with Gasteiger partial charge < -0.3 is 19.0 Å². The van der Waals surface area contributed by atoms with Gasteiger partial charge in [-0.05, 0) is 24.3 Å². The summed E-state index contributed by atoms with van der Waals surface area (Å²) in [6, 6.07) is 9.28. The largest absolute Gasteiger partial charge is 0.497 e. The van der Waals surface area contributed by atoms with E-state index in [1.165, 1.54) is 23.2 Å². The first-order valence-corrected chi connectivity index (χ1v) is 9.29. The Labute approximate surface area is 163 Å². The van der Waals surface area contributed by atoms with Crippen molar-refractivity contribution in [1.29, 1.82) is 0 Å². The summed E-state index contributed by atoms with van der Waals surface area (Å²) in [7, 11) is 5.56. The van der Waals surface area contributed by atoms with Gasteiger partial charge in [-0.3, -0.25) is 14.4 Å². The molecule has 7 nitrogen and oxygen atoms in total. The van der Waals surface area contributed by atoms with E-state index in [9.17, 15) is 14.4 Å². The third-order valence-corrected chi connectivity index (χ3v) is 4.95. The molecule has 0 radical (unpaired) electrons. The summed E-state index contributed by atoms with van der Waals surface area (Å²) in [6.07, 6.45) is 2.20. The van der Waals surface area contributed by atoms with Crippen LogP contribution in [-0.4, -0.2) is 56.7 Å². The lowest BCUT2D eigenvalue weighted by molar-refractivity contribution is -0.858. The van der Waals surface area contributed by atoms with Crippen LogP contribution < -0.4 is 9.64 Å². The molecule has 1 aromatic carbocycles.